The van der Waals surface area contributed by atoms with Crippen LogP contribution in [0.2, 0.25) is 0 Å². The average Bonchev–Trinajstić information content (AvgIpc) is 3.41. The smallest absolute Gasteiger partial charge is 0.319 e. The van der Waals surface area contributed by atoms with Crippen molar-refractivity contribution in [2.75, 3.05) is 11.9 Å². The summed E-state index contributed by atoms with van der Waals surface area (Å²) in [6, 6.07) is 5.34. The Bertz CT molecular complexity index is 956. The number of benzene rings is 1. The Labute approximate surface area is 156 Å². The molecule has 0 spiro atoms. The van der Waals surface area contributed by atoms with Crippen molar-refractivity contribution in [2.24, 2.45) is 0 Å². The fraction of sp³-hybridized carbons (Fsp3) is 0.421. The van der Waals surface area contributed by atoms with Crippen molar-refractivity contribution in [3.63, 3.8) is 0 Å². The Balaban J connectivity index is 1.40. The lowest BCUT2D eigenvalue weighted by atomic mass is 10.1. The highest BCUT2D eigenvalue weighted by molar-refractivity contribution is 6.00. The van der Waals surface area contributed by atoms with Gasteiger partial charge in [0, 0.05) is 18.4 Å². The zero-order valence-electron chi connectivity index (χ0n) is 15.4. The molecule has 4 rings (SSSR count). The molecule has 142 valence electrons. The molecule has 8 heteroatoms. The molecule has 3 aromatic rings. The number of urea groups is 1. The van der Waals surface area contributed by atoms with Crippen LogP contribution in [-0.2, 0) is 17.7 Å². The lowest BCUT2D eigenvalue weighted by Crippen LogP contribution is -2.28. The van der Waals surface area contributed by atoms with Crippen molar-refractivity contribution in [3.05, 3.63) is 41.2 Å². The van der Waals surface area contributed by atoms with Crippen LogP contribution < -0.4 is 10.6 Å². The predicted molar refractivity (Wildman–Crippen MR) is 98.4 cm³/mol. The number of aryl methyl sites for hydroxylation is 2. The van der Waals surface area contributed by atoms with E-state index in [-0.39, 0.29) is 18.7 Å². The van der Waals surface area contributed by atoms with Crippen molar-refractivity contribution < 1.29 is 18.5 Å². The Morgan fingerprint density at radius 2 is 2.26 bits per heavy atom. The van der Waals surface area contributed by atoms with Crippen molar-refractivity contribution in [1.29, 1.82) is 0 Å². The number of nitrogens with one attached hydrogen (secondary N) is 2. The second kappa shape index (κ2) is 7.40. The number of fused-ring (bicyclic) bond motifs is 1. The number of para-hydroxylation sites is 1. The lowest BCUT2D eigenvalue weighted by molar-refractivity contribution is 0.0835. The monoisotopic (exact) mass is 370 g/mol. The molecule has 0 aliphatic carbocycles. The summed E-state index contributed by atoms with van der Waals surface area (Å²) >= 11 is 0. The number of furan rings is 1. The standard InChI is InChI=1S/C19H22N4O4/c1-3-14-11(2)12-6-4-7-13(17(12)26-14)21-19(24)20-10-16-22-18(27-23-16)15-8-5-9-25-15/h4,6-7,15H,3,5,8-10H2,1-2H3,(H2,20,21,24)/t15-/m0/s1. The second-order valence-corrected chi connectivity index (χ2v) is 6.54. The van der Waals surface area contributed by atoms with Crippen LogP contribution in [0.3, 0.4) is 0 Å². The zero-order chi connectivity index (χ0) is 18.8. The van der Waals surface area contributed by atoms with Crippen LogP contribution in [0, 0.1) is 6.92 Å². The van der Waals surface area contributed by atoms with Crippen LogP contribution in [0.4, 0.5) is 10.5 Å². The van der Waals surface area contributed by atoms with Crippen molar-refractivity contribution in [3.8, 4) is 0 Å². The van der Waals surface area contributed by atoms with Gasteiger partial charge in [-0.1, -0.05) is 24.2 Å². The molecule has 3 heterocycles. The first-order valence-electron chi connectivity index (χ1n) is 9.15. The van der Waals surface area contributed by atoms with Crippen LogP contribution in [-0.4, -0.2) is 22.8 Å². The highest BCUT2D eigenvalue weighted by Crippen LogP contribution is 2.31. The molecule has 1 aromatic carbocycles. The van der Waals surface area contributed by atoms with Gasteiger partial charge in [-0.2, -0.15) is 4.98 Å². The number of nitrogens with zero attached hydrogens (tertiary/aromatic N) is 2. The number of carbonyl (C=O) groups is 1. The number of hydrogen-bond donors (Lipinski definition) is 2. The molecule has 2 N–H and O–H groups in total. The molecule has 0 radical (unpaired) electrons. The van der Waals surface area contributed by atoms with Gasteiger partial charge in [0.15, 0.2) is 11.4 Å². The third-order valence-corrected chi connectivity index (χ3v) is 4.73. The maximum Gasteiger partial charge on any atom is 0.319 e. The fourth-order valence-electron chi connectivity index (χ4n) is 3.30. The van der Waals surface area contributed by atoms with E-state index in [0.717, 1.165) is 36.0 Å². The van der Waals surface area contributed by atoms with Gasteiger partial charge in [0.1, 0.15) is 11.9 Å². The molecular weight excluding hydrogens is 348 g/mol. The van der Waals surface area contributed by atoms with E-state index >= 15 is 0 Å². The van der Waals surface area contributed by atoms with Gasteiger partial charge in [-0.25, -0.2) is 4.79 Å². The maximum absolute atomic E-state index is 12.3. The summed E-state index contributed by atoms with van der Waals surface area (Å²) in [7, 11) is 0. The number of amides is 2. The Morgan fingerprint density at radius 3 is 3.04 bits per heavy atom. The normalized spacial score (nSPS) is 16.7. The van der Waals surface area contributed by atoms with Crippen molar-refractivity contribution in [2.45, 2.75) is 45.8 Å². The zero-order valence-corrected chi connectivity index (χ0v) is 15.4. The summed E-state index contributed by atoms with van der Waals surface area (Å²) in [5, 5.41) is 10.5. The molecule has 1 atom stereocenters. The molecule has 8 nitrogen and oxygen atoms in total. The molecule has 0 unspecified atom stereocenters. The number of hydrogen-bond acceptors (Lipinski definition) is 6. The Morgan fingerprint density at radius 1 is 1.37 bits per heavy atom. The van der Waals surface area contributed by atoms with Crippen LogP contribution in [0.5, 0.6) is 0 Å². The predicted octanol–water partition coefficient (Wildman–Crippen LogP) is 3.86. The third kappa shape index (κ3) is 3.52. The summed E-state index contributed by atoms with van der Waals surface area (Å²) in [6.45, 7) is 4.94. The van der Waals surface area contributed by atoms with Crippen LogP contribution >= 0.6 is 0 Å². The maximum atomic E-state index is 12.3. The first-order valence-corrected chi connectivity index (χ1v) is 9.15. The summed E-state index contributed by atoms with van der Waals surface area (Å²) in [4.78, 5) is 16.6. The van der Waals surface area contributed by atoms with E-state index < -0.39 is 0 Å². The van der Waals surface area contributed by atoms with E-state index in [0.29, 0.717) is 29.6 Å². The van der Waals surface area contributed by atoms with Gasteiger partial charge in [-0.15, -0.1) is 0 Å². The SMILES string of the molecule is CCc1oc2c(NC(=O)NCc3noc([C@@H]4CCCO4)n3)cccc2c1C. The molecule has 1 aliphatic rings. The first-order chi connectivity index (χ1) is 13.2. The van der Waals surface area contributed by atoms with E-state index in [4.69, 9.17) is 13.7 Å². The minimum Gasteiger partial charge on any atom is -0.459 e. The molecule has 0 bridgehead atoms. The summed E-state index contributed by atoms with van der Waals surface area (Å²) in [6.07, 6.45) is 2.53. The second-order valence-electron chi connectivity index (χ2n) is 6.54. The Hall–Kier alpha value is -2.87. The van der Waals surface area contributed by atoms with E-state index in [1.54, 1.807) is 0 Å². The molecule has 1 aliphatic heterocycles. The Kier molecular flexibility index (Phi) is 4.81. The van der Waals surface area contributed by atoms with Gasteiger partial charge in [0.05, 0.1) is 12.2 Å². The van der Waals surface area contributed by atoms with E-state index in [1.807, 2.05) is 32.0 Å². The quantitative estimate of drug-likeness (QED) is 0.707. The van der Waals surface area contributed by atoms with E-state index in [1.165, 1.54) is 0 Å². The van der Waals surface area contributed by atoms with E-state index in [2.05, 4.69) is 20.8 Å². The van der Waals surface area contributed by atoms with Gasteiger partial charge in [0.2, 0.25) is 0 Å². The summed E-state index contributed by atoms with van der Waals surface area (Å²) < 4.78 is 16.6. The molecular formula is C19H22N4O4. The minimum atomic E-state index is -0.363. The molecule has 1 saturated heterocycles. The minimum absolute atomic E-state index is 0.132. The summed E-state index contributed by atoms with van der Waals surface area (Å²) in [5.74, 6) is 1.80. The third-order valence-electron chi connectivity index (χ3n) is 4.73. The van der Waals surface area contributed by atoms with Crippen LogP contribution in [0.25, 0.3) is 11.0 Å². The summed E-state index contributed by atoms with van der Waals surface area (Å²) in [5.41, 5.74) is 2.41. The van der Waals surface area contributed by atoms with Gasteiger partial charge in [-0.05, 0) is 31.4 Å². The van der Waals surface area contributed by atoms with Gasteiger partial charge in [-0.3, -0.25) is 0 Å². The number of carbonyl (C=O) groups excluding carboxylic acids is 1. The largest absolute Gasteiger partial charge is 0.459 e. The molecule has 1 fully saturated rings. The van der Waals surface area contributed by atoms with Crippen molar-refractivity contribution in [1.82, 2.24) is 15.5 Å². The molecule has 0 saturated carbocycles. The number of anilines is 1. The number of ether oxygens (including phenoxy) is 1. The molecule has 2 amide bonds. The van der Waals surface area contributed by atoms with Gasteiger partial charge < -0.3 is 24.3 Å². The first kappa shape index (κ1) is 17.5. The van der Waals surface area contributed by atoms with Gasteiger partial charge >= 0.3 is 6.03 Å². The average molecular weight is 370 g/mol. The number of rotatable bonds is 5. The molecule has 27 heavy (non-hydrogen) atoms. The topological polar surface area (TPSA) is 102 Å². The highest BCUT2D eigenvalue weighted by Gasteiger charge is 2.24. The van der Waals surface area contributed by atoms with Crippen LogP contribution in [0.1, 0.15) is 48.9 Å². The number of aromatic nitrogens is 2. The van der Waals surface area contributed by atoms with Crippen LogP contribution in [0.15, 0.2) is 27.1 Å². The van der Waals surface area contributed by atoms with Gasteiger partial charge in [0.25, 0.3) is 5.89 Å². The fourth-order valence-corrected chi connectivity index (χ4v) is 3.30. The van der Waals surface area contributed by atoms with E-state index in [9.17, 15) is 4.79 Å². The lowest BCUT2D eigenvalue weighted by Gasteiger charge is -2.06. The highest BCUT2D eigenvalue weighted by atomic mass is 16.5. The van der Waals surface area contributed by atoms with Crippen molar-refractivity contribution >= 4 is 22.7 Å². The molecule has 2 aromatic heterocycles.